The molecular weight excluding hydrogens is 257 g/mol. The Morgan fingerprint density at radius 2 is 1.80 bits per heavy atom. The quantitative estimate of drug-likeness (QED) is 0.815. The summed E-state index contributed by atoms with van der Waals surface area (Å²) in [6.45, 7) is 2.69. The fraction of sp³-hybridized carbons (Fsp3) is 0.188. The zero-order chi connectivity index (χ0) is 14.4. The molecule has 2 rings (SSSR count). The minimum atomic E-state index is -0.590. The van der Waals surface area contributed by atoms with Crippen LogP contribution >= 0.6 is 0 Å². The van der Waals surface area contributed by atoms with Crippen molar-refractivity contribution in [3.05, 3.63) is 53.8 Å². The minimum Gasteiger partial charge on any atom is -0.494 e. The highest BCUT2D eigenvalue weighted by atomic mass is 19.1. The van der Waals surface area contributed by atoms with Crippen molar-refractivity contribution in [3.8, 4) is 23.3 Å². The first-order valence-corrected chi connectivity index (χ1v) is 6.34. The lowest BCUT2D eigenvalue weighted by atomic mass is 10.2. The van der Waals surface area contributed by atoms with Gasteiger partial charge in [-0.25, -0.2) is 4.39 Å². The molecule has 20 heavy (non-hydrogen) atoms. The Bertz CT molecular complexity index is 617. The molecule has 0 atom stereocenters. The molecular formula is C16H14FNO2. The lowest BCUT2D eigenvalue weighted by Gasteiger charge is -2.09. The summed E-state index contributed by atoms with van der Waals surface area (Å²) >= 11 is 0. The fourth-order valence-electron chi connectivity index (χ4n) is 1.65. The lowest BCUT2D eigenvalue weighted by Crippen LogP contribution is -1.95. The molecule has 4 heteroatoms. The molecule has 0 aliphatic rings. The van der Waals surface area contributed by atoms with Crippen LogP contribution in [0.25, 0.3) is 0 Å². The molecule has 0 N–H and O–H groups in total. The normalized spacial score (nSPS) is 9.85. The maximum absolute atomic E-state index is 13.4. The SMILES string of the molecule is CCCOc1ccc(Oc2cccc(F)c2C#N)cc1. The Morgan fingerprint density at radius 3 is 2.45 bits per heavy atom. The first-order valence-electron chi connectivity index (χ1n) is 6.34. The summed E-state index contributed by atoms with van der Waals surface area (Å²) in [6, 6.07) is 13.1. The van der Waals surface area contributed by atoms with Crippen LogP contribution in [0, 0.1) is 17.1 Å². The van der Waals surface area contributed by atoms with Gasteiger partial charge in [0.05, 0.1) is 6.61 Å². The Balaban J connectivity index is 2.15. The maximum atomic E-state index is 13.4. The summed E-state index contributed by atoms with van der Waals surface area (Å²) in [4.78, 5) is 0. The van der Waals surface area contributed by atoms with Crippen LogP contribution in [0.15, 0.2) is 42.5 Å². The number of nitriles is 1. The number of hydrogen-bond donors (Lipinski definition) is 0. The van der Waals surface area contributed by atoms with Crippen LogP contribution in [0.2, 0.25) is 0 Å². The van der Waals surface area contributed by atoms with Gasteiger partial charge in [-0.1, -0.05) is 13.0 Å². The monoisotopic (exact) mass is 271 g/mol. The van der Waals surface area contributed by atoms with Crippen LogP contribution in [0.3, 0.4) is 0 Å². The van der Waals surface area contributed by atoms with Crippen molar-refractivity contribution in [3.63, 3.8) is 0 Å². The molecule has 0 saturated carbocycles. The molecule has 0 radical (unpaired) electrons. The fourth-order valence-corrected chi connectivity index (χ4v) is 1.65. The second kappa shape index (κ2) is 6.58. The van der Waals surface area contributed by atoms with Gasteiger partial charge in [-0.15, -0.1) is 0 Å². The lowest BCUT2D eigenvalue weighted by molar-refractivity contribution is 0.317. The van der Waals surface area contributed by atoms with E-state index in [1.54, 1.807) is 36.4 Å². The number of rotatable bonds is 5. The molecule has 102 valence electrons. The van der Waals surface area contributed by atoms with Crippen molar-refractivity contribution in [1.82, 2.24) is 0 Å². The molecule has 0 aromatic heterocycles. The van der Waals surface area contributed by atoms with E-state index in [0.29, 0.717) is 12.4 Å². The maximum Gasteiger partial charge on any atom is 0.148 e. The molecule has 0 bridgehead atoms. The smallest absolute Gasteiger partial charge is 0.148 e. The largest absolute Gasteiger partial charge is 0.494 e. The highest BCUT2D eigenvalue weighted by Crippen LogP contribution is 2.27. The zero-order valence-corrected chi connectivity index (χ0v) is 11.1. The molecule has 0 saturated heterocycles. The molecule has 0 fully saturated rings. The van der Waals surface area contributed by atoms with E-state index >= 15 is 0 Å². The first kappa shape index (κ1) is 13.9. The molecule has 0 aliphatic carbocycles. The van der Waals surface area contributed by atoms with E-state index in [-0.39, 0.29) is 11.3 Å². The molecule has 0 heterocycles. The predicted molar refractivity (Wildman–Crippen MR) is 73.4 cm³/mol. The Labute approximate surface area is 117 Å². The van der Waals surface area contributed by atoms with E-state index in [1.807, 2.05) is 6.92 Å². The highest BCUT2D eigenvalue weighted by molar-refractivity contribution is 5.46. The third-order valence-electron chi connectivity index (χ3n) is 2.61. The van der Waals surface area contributed by atoms with Crippen LogP contribution in [0.4, 0.5) is 4.39 Å². The second-order valence-electron chi connectivity index (χ2n) is 4.15. The summed E-state index contributed by atoms with van der Waals surface area (Å²) in [5.74, 6) is 0.887. The third kappa shape index (κ3) is 3.27. The van der Waals surface area contributed by atoms with Gasteiger partial charge in [-0.2, -0.15) is 5.26 Å². The van der Waals surface area contributed by atoms with Gasteiger partial charge in [0.25, 0.3) is 0 Å². The molecule has 0 spiro atoms. The summed E-state index contributed by atoms with van der Waals surface area (Å²) in [6.07, 6.45) is 0.938. The van der Waals surface area contributed by atoms with Gasteiger partial charge in [0.2, 0.25) is 0 Å². The van der Waals surface area contributed by atoms with Crippen molar-refractivity contribution in [2.45, 2.75) is 13.3 Å². The average Bonchev–Trinajstić information content (AvgIpc) is 2.47. The molecule has 0 unspecified atom stereocenters. The number of hydrogen-bond acceptors (Lipinski definition) is 3. The third-order valence-corrected chi connectivity index (χ3v) is 2.61. The van der Waals surface area contributed by atoms with Gasteiger partial charge in [-0.3, -0.25) is 0 Å². The summed E-state index contributed by atoms with van der Waals surface area (Å²) in [7, 11) is 0. The molecule has 2 aromatic carbocycles. The molecule has 0 aliphatic heterocycles. The van der Waals surface area contributed by atoms with Gasteiger partial charge in [0.1, 0.15) is 34.7 Å². The summed E-state index contributed by atoms with van der Waals surface area (Å²) in [5.41, 5.74) is -0.0983. The van der Waals surface area contributed by atoms with E-state index < -0.39 is 5.82 Å². The number of nitrogens with zero attached hydrogens (tertiary/aromatic N) is 1. The van der Waals surface area contributed by atoms with E-state index in [9.17, 15) is 4.39 Å². The molecule has 0 amide bonds. The highest BCUT2D eigenvalue weighted by Gasteiger charge is 2.09. The summed E-state index contributed by atoms with van der Waals surface area (Å²) < 4.78 is 24.4. The zero-order valence-electron chi connectivity index (χ0n) is 11.1. The standard InChI is InChI=1S/C16H14FNO2/c1-2-10-19-12-6-8-13(9-7-12)20-16-5-3-4-15(17)14(16)11-18/h3-9H,2,10H2,1H3. The second-order valence-corrected chi connectivity index (χ2v) is 4.15. The number of halogens is 1. The van der Waals surface area contributed by atoms with Crippen molar-refractivity contribution in [1.29, 1.82) is 5.26 Å². The van der Waals surface area contributed by atoms with E-state index in [1.165, 1.54) is 12.1 Å². The summed E-state index contributed by atoms with van der Waals surface area (Å²) in [5, 5.41) is 8.93. The molecule has 3 nitrogen and oxygen atoms in total. The predicted octanol–water partition coefficient (Wildman–Crippen LogP) is 4.28. The van der Waals surface area contributed by atoms with Crippen molar-refractivity contribution in [2.75, 3.05) is 6.61 Å². The van der Waals surface area contributed by atoms with Crippen LogP contribution in [-0.4, -0.2) is 6.61 Å². The Kier molecular flexibility index (Phi) is 4.56. The Hall–Kier alpha value is -2.54. The number of benzene rings is 2. The van der Waals surface area contributed by atoms with E-state index in [2.05, 4.69) is 0 Å². The van der Waals surface area contributed by atoms with E-state index in [4.69, 9.17) is 14.7 Å². The van der Waals surface area contributed by atoms with Crippen LogP contribution < -0.4 is 9.47 Å². The van der Waals surface area contributed by atoms with Crippen LogP contribution in [0.5, 0.6) is 17.2 Å². The van der Waals surface area contributed by atoms with E-state index in [0.717, 1.165) is 12.2 Å². The van der Waals surface area contributed by atoms with Gasteiger partial charge < -0.3 is 9.47 Å². The van der Waals surface area contributed by atoms with Crippen LogP contribution in [-0.2, 0) is 0 Å². The molecule has 2 aromatic rings. The minimum absolute atomic E-state index is 0.0983. The van der Waals surface area contributed by atoms with Crippen molar-refractivity contribution in [2.24, 2.45) is 0 Å². The Morgan fingerprint density at radius 1 is 1.10 bits per heavy atom. The van der Waals surface area contributed by atoms with Crippen molar-refractivity contribution < 1.29 is 13.9 Å². The van der Waals surface area contributed by atoms with Gasteiger partial charge >= 0.3 is 0 Å². The van der Waals surface area contributed by atoms with Crippen LogP contribution in [0.1, 0.15) is 18.9 Å². The number of ether oxygens (including phenoxy) is 2. The topological polar surface area (TPSA) is 42.2 Å². The van der Waals surface area contributed by atoms with Gasteiger partial charge in [0, 0.05) is 0 Å². The van der Waals surface area contributed by atoms with Gasteiger partial charge in [-0.05, 0) is 42.8 Å². The van der Waals surface area contributed by atoms with Gasteiger partial charge in [0.15, 0.2) is 0 Å². The first-order chi connectivity index (χ1) is 9.74. The average molecular weight is 271 g/mol. The van der Waals surface area contributed by atoms with Crippen molar-refractivity contribution >= 4 is 0 Å².